The summed E-state index contributed by atoms with van der Waals surface area (Å²) in [5.41, 5.74) is 6.27. The normalized spacial score (nSPS) is 25.3. The Morgan fingerprint density at radius 1 is 1.22 bits per heavy atom. The van der Waals surface area contributed by atoms with E-state index >= 15 is 0 Å². The lowest BCUT2D eigenvalue weighted by molar-refractivity contribution is -0.0282. The van der Waals surface area contributed by atoms with Gasteiger partial charge in [0.05, 0.1) is 12.1 Å². The Kier molecular flexibility index (Phi) is 5.06. The molecule has 1 unspecified atom stereocenters. The van der Waals surface area contributed by atoms with E-state index in [4.69, 9.17) is 21.1 Å². The summed E-state index contributed by atoms with van der Waals surface area (Å²) < 4.78 is 12.6. The Bertz CT molecular complexity index is 1150. The first-order valence-corrected chi connectivity index (χ1v) is 11.6. The predicted octanol–water partition coefficient (Wildman–Crippen LogP) is 7.04. The highest BCUT2D eigenvalue weighted by atomic mass is 35.5. The van der Waals surface area contributed by atoms with Crippen LogP contribution in [0.25, 0.3) is 16.7 Å². The van der Waals surface area contributed by atoms with Gasteiger partial charge in [-0.15, -0.1) is 0 Å². The second-order valence-electron chi connectivity index (χ2n) is 9.96. The van der Waals surface area contributed by atoms with Crippen molar-refractivity contribution in [3.05, 3.63) is 58.6 Å². The number of nitrogens with one attached hydrogen (secondary N) is 1. The van der Waals surface area contributed by atoms with Crippen LogP contribution in [0.15, 0.2) is 47.5 Å². The van der Waals surface area contributed by atoms with Gasteiger partial charge < -0.3 is 19.9 Å². The quantitative estimate of drug-likeness (QED) is 0.525. The highest BCUT2D eigenvalue weighted by Gasteiger charge is 2.48. The van der Waals surface area contributed by atoms with Crippen molar-refractivity contribution in [2.45, 2.75) is 51.7 Å². The summed E-state index contributed by atoms with van der Waals surface area (Å²) in [5.74, 6) is 1.02. The molecule has 0 saturated carbocycles. The first-order chi connectivity index (χ1) is 15.2. The minimum absolute atomic E-state index is 0.131. The molecule has 0 radical (unpaired) electrons. The zero-order valence-electron chi connectivity index (χ0n) is 19.1. The van der Waals surface area contributed by atoms with E-state index in [1.54, 1.807) is 19.2 Å². The number of hydrogen-bond donors (Lipinski definition) is 2. The van der Waals surface area contributed by atoms with Crippen molar-refractivity contribution in [2.24, 2.45) is 5.41 Å². The van der Waals surface area contributed by atoms with Gasteiger partial charge in [0.2, 0.25) is 0 Å². The summed E-state index contributed by atoms with van der Waals surface area (Å²) in [6.45, 7) is 7.09. The number of halogens is 1. The lowest BCUT2D eigenvalue weighted by Gasteiger charge is -2.46. The minimum Gasteiger partial charge on any atom is -0.508 e. The summed E-state index contributed by atoms with van der Waals surface area (Å²) in [6.07, 6.45) is 6.71. The third-order valence-corrected chi connectivity index (χ3v) is 7.24. The molecule has 4 nitrogen and oxygen atoms in total. The molecule has 1 aliphatic carbocycles. The third kappa shape index (κ3) is 3.41. The second-order valence-corrected chi connectivity index (χ2v) is 10.4. The van der Waals surface area contributed by atoms with Crippen LogP contribution in [-0.2, 0) is 4.74 Å². The molecule has 2 atom stereocenters. The van der Waals surface area contributed by atoms with Gasteiger partial charge in [-0.1, -0.05) is 29.8 Å². The zero-order chi connectivity index (χ0) is 22.7. The van der Waals surface area contributed by atoms with E-state index in [1.165, 1.54) is 11.1 Å². The average Bonchev–Trinajstić information content (AvgIpc) is 2.72. The molecule has 0 spiro atoms. The molecular formula is C27H30ClNO3. The van der Waals surface area contributed by atoms with E-state index < -0.39 is 0 Å². The molecule has 0 bridgehead atoms. The summed E-state index contributed by atoms with van der Waals surface area (Å²) in [5, 5.41) is 14.8. The van der Waals surface area contributed by atoms with E-state index in [2.05, 4.69) is 50.4 Å². The monoisotopic (exact) mass is 451 g/mol. The summed E-state index contributed by atoms with van der Waals surface area (Å²) in [4.78, 5) is 0. The van der Waals surface area contributed by atoms with Gasteiger partial charge >= 0.3 is 0 Å². The first kappa shape index (κ1) is 21.4. The molecule has 2 N–H and O–H groups in total. The maximum Gasteiger partial charge on any atom is 0.133 e. The minimum atomic E-state index is -0.284. The Morgan fingerprint density at radius 2 is 2.03 bits per heavy atom. The molecule has 0 fully saturated rings. The van der Waals surface area contributed by atoms with Crippen LogP contribution >= 0.6 is 11.6 Å². The van der Waals surface area contributed by atoms with Crippen LogP contribution in [0.3, 0.4) is 0 Å². The van der Waals surface area contributed by atoms with Crippen molar-refractivity contribution < 1.29 is 14.6 Å². The lowest BCUT2D eigenvalue weighted by atomic mass is 9.67. The Balaban J connectivity index is 1.79. The molecular weight excluding hydrogens is 422 g/mol. The maximum absolute atomic E-state index is 10.2. The number of aromatic hydroxyl groups is 1. The van der Waals surface area contributed by atoms with Gasteiger partial charge in [0, 0.05) is 39.9 Å². The molecule has 2 heterocycles. The molecule has 5 rings (SSSR count). The van der Waals surface area contributed by atoms with Crippen molar-refractivity contribution in [2.75, 3.05) is 19.0 Å². The number of fused-ring (bicyclic) bond motifs is 5. The second kappa shape index (κ2) is 7.57. The third-order valence-electron chi connectivity index (χ3n) is 6.95. The maximum atomic E-state index is 10.2. The van der Waals surface area contributed by atoms with Crippen LogP contribution in [0.4, 0.5) is 5.69 Å². The van der Waals surface area contributed by atoms with E-state index in [9.17, 15) is 5.11 Å². The van der Waals surface area contributed by atoms with Crippen molar-refractivity contribution in [1.82, 2.24) is 0 Å². The van der Waals surface area contributed by atoms with Crippen LogP contribution in [-0.4, -0.2) is 24.4 Å². The number of benzene rings is 2. The fraction of sp³-hybridized carbons (Fsp3) is 0.407. The highest BCUT2D eigenvalue weighted by Crippen LogP contribution is 2.57. The number of phenolic OH excluding ortho intramolecular Hbond substituents is 1. The predicted molar refractivity (Wildman–Crippen MR) is 130 cm³/mol. The largest absolute Gasteiger partial charge is 0.508 e. The number of ether oxygens (including phenoxy) is 2. The summed E-state index contributed by atoms with van der Waals surface area (Å²) in [7, 11) is 1.75. The van der Waals surface area contributed by atoms with E-state index in [1.807, 2.05) is 6.07 Å². The molecule has 3 aliphatic rings. The SMILES string of the molecule is COCC1([C@H]2Oc3ccc(O)cc3-c3ccc4c(c32)C(C)=CC(C)(C)N4)CCC=C(Cl)C1. The van der Waals surface area contributed by atoms with Crippen LogP contribution in [0.1, 0.15) is 57.3 Å². The van der Waals surface area contributed by atoms with Gasteiger partial charge in [-0.05, 0) is 75.4 Å². The molecule has 0 saturated heterocycles. The number of allylic oxidation sites excluding steroid dienone is 3. The Morgan fingerprint density at radius 3 is 2.78 bits per heavy atom. The average molecular weight is 452 g/mol. The van der Waals surface area contributed by atoms with E-state index in [-0.39, 0.29) is 22.8 Å². The molecule has 0 amide bonds. The summed E-state index contributed by atoms with van der Waals surface area (Å²) in [6, 6.07) is 9.66. The standard InChI is InChI=1S/C27H30ClNO3/c1-16-13-26(2,3)29-21-9-8-19-20-12-18(30)7-10-22(20)32-25(24(19)23(16)21)27(15-31-4)11-5-6-17(28)14-27/h6-10,12-13,25,29-30H,5,11,14-15H2,1-4H3/t25-,27?/m0/s1. The van der Waals surface area contributed by atoms with Crippen LogP contribution < -0.4 is 10.1 Å². The van der Waals surface area contributed by atoms with Crippen molar-refractivity contribution >= 4 is 22.9 Å². The number of rotatable bonds is 3. The highest BCUT2D eigenvalue weighted by molar-refractivity contribution is 6.29. The first-order valence-electron chi connectivity index (χ1n) is 11.2. The smallest absolute Gasteiger partial charge is 0.133 e. The number of methoxy groups -OCH3 is 1. The summed E-state index contributed by atoms with van der Waals surface area (Å²) >= 11 is 6.61. The number of anilines is 1. The molecule has 2 aromatic rings. The zero-order valence-corrected chi connectivity index (χ0v) is 19.8. The van der Waals surface area contributed by atoms with Crippen LogP contribution in [0.5, 0.6) is 11.5 Å². The fourth-order valence-electron chi connectivity index (χ4n) is 5.82. The van der Waals surface area contributed by atoms with Gasteiger partial charge in [-0.2, -0.15) is 0 Å². The van der Waals surface area contributed by atoms with E-state index in [0.29, 0.717) is 13.0 Å². The topological polar surface area (TPSA) is 50.7 Å². The van der Waals surface area contributed by atoms with Gasteiger partial charge in [0.15, 0.2) is 0 Å². The van der Waals surface area contributed by atoms with Crippen molar-refractivity contribution in [3.8, 4) is 22.6 Å². The van der Waals surface area contributed by atoms with E-state index in [0.717, 1.165) is 46.0 Å². The molecule has 2 aliphatic heterocycles. The van der Waals surface area contributed by atoms with Gasteiger partial charge in [-0.25, -0.2) is 0 Å². The fourth-order valence-corrected chi connectivity index (χ4v) is 6.20. The van der Waals surface area contributed by atoms with Crippen molar-refractivity contribution in [3.63, 3.8) is 0 Å². The van der Waals surface area contributed by atoms with Gasteiger partial charge in [0.25, 0.3) is 0 Å². The molecule has 0 aromatic heterocycles. The van der Waals surface area contributed by atoms with Crippen molar-refractivity contribution in [1.29, 1.82) is 0 Å². The lowest BCUT2D eigenvalue weighted by Crippen LogP contribution is -2.41. The van der Waals surface area contributed by atoms with Gasteiger partial charge in [-0.3, -0.25) is 0 Å². The Hall–Kier alpha value is -2.43. The molecule has 32 heavy (non-hydrogen) atoms. The Labute approximate surface area is 194 Å². The van der Waals surface area contributed by atoms with Crippen LogP contribution in [0.2, 0.25) is 0 Å². The van der Waals surface area contributed by atoms with Crippen LogP contribution in [0, 0.1) is 5.41 Å². The molecule has 2 aromatic carbocycles. The molecule has 5 heteroatoms. The van der Waals surface area contributed by atoms with Gasteiger partial charge in [0.1, 0.15) is 17.6 Å². The number of hydrogen-bond acceptors (Lipinski definition) is 4. The number of phenols is 1. The molecule has 168 valence electrons.